The standard InChI is InChI=1S/C17H22N4O/c1-2-10-20-11-4-8-16(20)17(22)19-14-6-3-7-15(13-14)21-12-5-9-18-21/h3,5-7,9,12-13,16H,2,4,8,10-11H2,1H3,(H,19,22). The number of benzene rings is 1. The minimum Gasteiger partial charge on any atom is -0.325 e. The highest BCUT2D eigenvalue weighted by Crippen LogP contribution is 2.20. The van der Waals surface area contributed by atoms with Crippen molar-refractivity contribution in [3.63, 3.8) is 0 Å². The monoisotopic (exact) mass is 298 g/mol. The van der Waals surface area contributed by atoms with Gasteiger partial charge >= 0.3 is 0 Å². The predicted molar refractivity (Wildman–Crippen MR) is 87.1 cm³/mol. The Balaban J connectivity index is 1.70. The van der Waals surface area contributed by atoms with Crippen LogP contribution in [0.1, 0.15) is 26.2 Å². The number of hydrogen-bond donors (Lipinski definition) is 1. The second kappa shape index (κ2) is 6.75. The van der Waals surface area contributed by atoms with Gasteiger partial charge in [-0.1, -0.05) is 13.0 Å². The van der Waals surface area contributed by atoms with E-state index < -0.39 is 0 Å². The molecule has 116 valence electrons. The van der Waals surface area contributed by atoms with Gasteiger partial charge in [0.15, 0.2) is 0 Å². The Hall–Kier alpha value is -2.14. The lowest BCUT2D eigenvalue weighted by Gasteiger charge is -2.23. The maximum Gasteiger partial charge on any atom is 0.241 e. The fourth-order valence-corrected chi connectivity index (χ4v) is 3.05. The lowest BCUT2D eigenvalue weighted by atomic mass is 10.2. The zero-order valence-corrected chi connectivity index (χ0v) is 12.9. The van der Waals surface area contributed by atoms with Gasteiger partial charge in [-0.3, -0.25) is 9.69 Å². The molecule has 3 rings (SSSR count). The summed E-state index contributed by atoms with van der Waals surface area (Å²) in [7, 11) is 0. The first-order valence-corrected chi connectivity index (χ1v) is 7.93. The Morgan fingerprint density at radius 1 is 1.41 bits per heavy atom. The highest BCUT2D eigenvalue weighted by atomic mass is 16.2. The van der Waals surface area contributed by atoms with E-state index in [1.807, 2.05) is 36.5 Å². The fraction of sp³-hybridized carbons (Fsp3) is 0.412. The summed E-state index contributed by atoms with van der Waals surface area (Å²) in [4.78, 5) is 14.8. The number of hydrogen-bond acceptors (Lipinski definition) is 3. The third-order valence-corrected chi connectivity index (χ3v) is 4.06. The lowest BCUT2D eigenvalue weighted by molar-refractivity contribution is -0.120. The molecule has 0 aliphatic carbocycles. The van der Waals surface area contributed by atoms with Gasteiger partial charge in [0.1, 0.15) is 0 Å². The number of carbonyl (C=O) groups is 1. The molecule has 1 aliphatic heterocycles. The van der Waals surface area contributed by atoms with Crippen LogP contribution in [0.15, 0.2) is 42.7 Å². The minimum atomic E-state index is 0.00769. The van der Waals surface area contributed by atoms with Crippen molar-refractivity contribution in [1.29, 1.82) is 0 Å². The van der Waals surface area contributed by atoms with E-state index in [2.05, 4.69) is 22.2 Å². The van der Waals surface area contributed by atoms with Gasteiger partial charge in [-0.2, -0.15) is 5.10 Å². The van der Waals surface area contributed by atoms with Crippen molar-refractivity contribution in [3.8, 4) is 5.69 Å². The number of aromatic nitrogens is 2. The van der Waals surface area contributed by atoms with Crippen LogP contribution in [-0.4, -0.2) is 39.7 Å². The molecular weight excluding hydrogens is 276 g/mol. The number of rotatable bonds is 5. The van der Waals surface area contributed by atoms with Crippen molar-refractivity contribution in [3.05, 3.63) is 42.7 Å². The molecule has 22 heavy (non-hydrogen) atoms. The van der Waals surface area contributed by atoms with Gasteiger partial charge in [-0.05, 0) is 56.6 Å². The summed E-state index contributed by atoms with van der Waals surface area (Å²) in [5, 5.41) is 7.27. The topological polar surface area (TPSA) is 50.2 Å². The predicted octanol–water partition coefficient (Wildman–Crippen LogP) is 2.69. The van der Waals surface area contributed by atoms with Crippen LogP contribution in [0.2, 0.25) is 0 Å². The smallest absolute Gasteiger partial charge is 0.241 e. The molecular formula is C17H22N4O. The normalized spacial score (nSPS) is 18.5. The molecule has 0 saturated carbocycles. The molecule has 0 bridgehead atoms. The van der Waals surface area contributed by atoms with Gasteiger partial charge in [-0.15, -0.1) is 0 Å². The van der Waals surface area contributed by atoms with Gasteiger partial charge in [0.25, 0.3) is 0 Å². The maximum atomic E-state index is 12.5. The first kappa shape index (κ1) is 14.8. The van der Waals surface area contributed by atoms with E-state index in [9.17, 15) is 4.79 Å². The van der Waals surface area contributed by atoms with Crippen LogP contribution < -0.4 is 5.32 Å². The zero-order valence-electron chi connectivity index (χ0n) is 12.9. The van der Waals surface area contributed by atoms with Crippen LogP contribution in [0.4, 0.5) is 5.69 Å². The summed E-state index contributed by atoms with van der Waals surface area (Å²) in [6.45, 7) is 4.17. The minimum absolute atomic E-state index is 0.00769. The van der Waals surface area contributed by atoms with Crippen molar-refractivity contribution < 1.29 is 4.79 Å². The third-order valence-electron chi connectivity index (χ3n) is 4.06. The highest BCUT2D eigenvalue weighted by molar-refractivity contribution is 5.95. The van der Waals surface area contributed by atoms with E-state index in [1.165, 1.54) is 0 Å². The highest BCUT2D eigenvalue weighted by Gasteiger charge is 2.29. The Kier molecular flexibility index (Phi) is 4.53. The quantitative estimate of drug-likeness (QED) is 0.923. The molecule has 0 spiro atoms. The van der Waals surface area contributed by atoms with Crippen molar-refractivity contribution in [2.45, 2.75) is 32.2 Å². The Bertz CT molecular complexity index is 623. The van der Waals surface area contributed by atoms with E-state index in [1.54, 1.807) is 10.9 Å². The third kappa shape index (κ3) is 3.20. The number of carbonyl (C=O) groups excluding carboxylic acids is 1. The molecule has 2 heterocycles. The molecule has 1 atom stereocenters. The average molecular weight is 298 g/mol. The largest absolute Gasteiger partial charge is 0.325 e. The Labute approximate surface area is 130 Å². The van der Waals surface area contributed by atoms with Gasteiger partial charge in [0.2, 0.25) is 5.91 Å². The van der Waals surface area contributed by atoms with E-state index in [0.29, 0.717) is 0 Å². The van der Waals surface area contributed by atoms with Crippen LogP contribution >= 0.6 is 0 Å². The summed E-state index contributed by atoms with van der Waals surface area (Å²) >= 11 is 0. The van der Waals surface area contributed by atoms with Gasteiger partial charge in [0.05, 0.1) is 11.7 Å². The van der Waals surface area contributed by atoms with E-state index in [4.69, 9.17) is 0 Å². The van der Waals surface area contributed by atoms with Crippen LogP contribution in [0.3, 0.4) is 0 Å². The molecule has 1 N–H and O–H groups in total. The molecule has 1 unspecified atom stereocenters. The average Bonchev–Trinajstić information content (AvgIpc) is 3.19. The molecule has 0 radical (unpaired) electrons. The molecule has 1 amide bonds. The lowest BCUT2D eigenvalue weighted by Crippen LogP contribution is -2.39. The summed E-state index contributed by atoms with van der Waals surface area (Å²) in [5.74, 6) is 0.101. The van der Waals surface area contributed by atoms with E-state index in [0.717, 1.165) is 43.7 Å². The maximum absolute atomic E-state index is 12.5. The number of nitrogens with one attached hydrogen (secondary N) is 1. The van der Waals surface area contributed by atoms with E-state index in [-0.39, 0.29) is 11.9 Å². The second-order valence-electron chi connectivity index (χ2n) is 5.68. The van der Waals surface area contributed by atoms with Crippen LogP contribution in [0.5, 0.6) is 0 Å². The molecule has 5 nitrogen and oxygen atoms in total. The Morgan fingerprint density at radius 2 is 2.32 bits per heavy atom. The molecule has 5 heteroatoms. The van der Waals surface area contributed by atoms with Crippen molar-refractivity contribution in [1.82, 2.24) is 14.7 Å². The molecule has 1 aromatic carbocycles. The molecule has 1 aromatic heterocycles. The van der Waals surface area contributed by atoms with Gasteiger partial charge < -0.3 is 5.32 Å². The van der Waals surface area contributed by atoms with Crippen LogP contribution in [0.25, 0.3) is 5.69 Å². The van der Waals surface area contributed by atoms with Crippen LogP contribution in [-0.2, 0) is 4.79 Å². The SMILES string of the molecule is CCCN1CCCC1C(=O)Nc1cccc(-n2cccn2)c1. The summed E-state index contributed by atoms with van der Waals surface area (Å²) < 4.78 is 1.79. The van der Waals surface area contributed by atoms with Crippen LogP contribution in [0, 0.1) is 0 Å². The van der Waals surface area contributed by atoms with Crippen molar-refractivity contribution in [2.24, 2.45) is 0 Å². The summed E-state index contributed by atoms with van der Waals surface area (Å²) in [6, 6.07) is 9.67. The molecule has 1 saturated heterocycles. The first-order chi connectivity index (χ1) is 10.8. The molecule has 2 aromatic rings. The van der Waals surface area contributed by atoms with E-state index >= 15 is 0 Å². The number of anilines is 1. The first-order valence-electron chi connectivity index (χ1n) is 7.93. The molecule has 1 fully saturated rings. The number of nitrogens with zero attached hydrogens (tertiary/aromatic N) is 3. The molecule has 1 aliphatic rings. The zero-order chi connectivity index (χ0) is 15.4. The van der Waals surface area contributed by atoms with Crippen molar-refractivity contribution >= 4 is 11.6 Å². The Morgan fingerprint density at radius 3 is 3.09 bits per heavy atom. The fourth-order valence-electron chi connectivity index (χ4n) is 3.05. The number of amides is 1. The second-order valence-corrected chi connectivity index (χ2v) is 5.68. The van der Waals surface area contributed by atoms with Crippen molar-refractivity contribution in [2.75, 3.05) is 18.4 Å². The van der Waals surface area contributed by atoms with Gasteiger partial charge in [0, 0.05) is 18.1 Å². The number of likely N-dealkylation sites (tertiary alicyclic amines) is 1. The summed E-state index contributed by atoms with van der Waals surface area (Å²) in [6.07, 6.45) is 6.77. The summed E-state index contributed by atoms with van der Waals surface area (Å²) in [5.41, 5.74) is 1.76. The van der Waals surface area contributed by atoms with Gasteiger partial charge in [-0.25, -0.2) is 4.68 Å².